The number of rotatable bonds is 7. The Morgan fingerprint density at radius 3 is 1.84 bits per heavy atom. The van der Waals surface area contributed by atoms with Crippen molar-refractivity contribution in [3.05, 3.63) is 89.0 Å². The average Bonchev–Trinajstić information content (AvgIpc) is 2.82. The van der Waals surface area contributed by atoms with E-state index in [0.29, 0.717) is 17.7 Å². The molecule has 0 heterocycles. The molecule has 0 amide bonds. The minimum Gasteiger partial charge on any atom is -0.335 e. The molecule has 0 aliphatic rings. The first-order chi connectivity index (χ1) is 17.4. The molecule has 3 aromatic rings. The number of hydrogen-bond donors (Lipinski definition) is 1. The number of anilines is 1. The van der Waals surface area contributed by atoms with Crippen LogP contribution >= 0.6 is 0 Å². The van der Waals surface area contributed by atoms with E-state index in [0.717, 1.165) is 0 Å². The minimum absolute atomic E-state index is 0.00246. The van der Waals surface area contributed by atoms with Crippen molar-refractivity contribution in [1.82, 2.24) is 0 Å². The van der Waals surface area contributed by atoms with Gasteiger partial charge in [-0.2, -0.15) is 52.8 Å². The number of hydrogen-bond acceptors (Lipinski definition) is 5. The van der Waals surface area contributed by atoms with Crippen molar-refractivity contribution >= 4 is 15.7 Å². The molecular weight excluding hydrogens is 561 g/mol. The summed E-state index contributed by atoms with van der Waals surface area (Å²) in [5, 5.41) is 10.4. The van der Waals surface area contributed by atoms with Crippen molar-refractivity contribution in [1.29, 1.82) is 0 Å². The summed E-state index contributed by atoms with van der Waals surface area (Å²) in [5.74, 6) is -0.875. The highest BCUT2D eigenvalue weighted by atomic mass is 32.2. The lowest BCUT2D eigenvalue weighted by molar-refractivity contribution is -0.217. The largest absolute Gasteiger partial charge is 0.417 e. The second-order valence-corrected chi connectivity index (χ2v) is 9.20. The van der Waals surface area contributed by atoms with E-state index in [1.165, 1.54) is 0 Å². The van der Waals surface area contributed by atoms with Crippen molar-refractivity contribution in [2.75, 3.05) is 4.47 Å². The van der Waals surface area contributed by atoms with Crippen molar-refractivity contribution < 1.29 is 62.9 Å². The Balaban J connectivity index is 2.08. The Labute approximate surface area is 208 Å². The van der Waals surface area contributed by atoms with Crippen molar-refractivity contribution in [3.8, 4) is 5.75 Å². The first-order valence-electron chi connectivity index (χ1n) is 9.99. The predicted octanol–water partition coefficient (Wildman–Crippen LogP) is 6.84. The van der Waals surface area contributed by atoms with E-state index in [9.17, 15) is 53.1 Å². The van der Waals surface area contributed by atoms with E-state index in [4.69, 9.17) is 9.78 Å². The van der Waals surface area contributed by atoms with Crippen LogP contribution in [0.2, 0.25) is 0 Å². The van der Waals surface area contributed by atoms with Crippen LogP contribution in [0.3, 0.4) is 0 Å². The topological polar surface area (TPSA) is 76.1 Å². The first-order valence-corrected chi connectivity index (χ1v) is 11.4. The van der Waals surface area contributed by atoms with E-state index in [1.54, 1.807) is 30.3 Å². The summed E-state index contributed by atoms with van der Waals surface area (Å²) in [4.78, 5) is 7.80. The average molecular weight is 575 g/mol. The fourth-order valence-corrected chi connectivity index (χ4v) is 4.30. The van der Waals surface area contributed by atoms with Crippen LogP contribution in [0.15, 0.2) is 71.6 Å². The standard InChI is InChI=1S/C22H14F9NO5S/c23-20(24,25)14-7-9-19(16(10-14)22(29,30)31)38(34,35)32(33)17-11-15(21(26,27)28)6-8-18(17)37-36-12-13-4-2-1-3-5-13/h1-11,33H,12H2. The van der Waals surface area contributed by atoms with Gasteiger partial charge in [-0.1, -0.05) is 30.3 Å². The van der Waals surface area contributed by atoms with Crippen LogP contribution in [-0.4, -0.2) is 13.6 Å². The van der Waals surface area contributed by atoms with Crippen LogP contribution in [0, 0.1) is 0 Å². The van der Waals surface area contributed by atoms with Crippen LogP contribution in [0.4, 0.5) is 45.2 Å². The van der Waals surface area contributed by atoms with E-state index in [-0.39, 0.29) is 24.8 Å². The molecule has 6 nitrogen and oxygen atoms in total. The molecule has 0 saturated carbocycles. The number of halogens is 9. The Bertz CT molecular complexity index is 1390. The normalized spacial score (nSPS) is 12.9. The van der Waals surface area contributed by atoms with Crippen LogP contribution < -0.4 is 9.36 Å². The van der Waals surface area contributed by atoms with Gasteiger partial charge in [-0.25, -0.2) is 0 Å². The molecule has 0 atom stereocenters. The number of benzene rings is 3. The van der Waals surface area contributed by atoms with E-state index < -0.39 is 72.1 Å². The molecule has 1 N–H and O–H groups in total. The van der Waals surface area contributed by atoms with Gasteiger partial charge in [0, 0.05) is 0 Å². The molecular formula is C22H14F9NO5S. The first kappa shape index (κ1) is 29.1. The Morgan fingerprint density at radius 1 is 0.737 bits per heavy atom. The molecule has 0 aromatic heterocycles. The van der Waals surface area contributed by atoms with Crippen LogP contribution in [0.1, 0.15) is 22.3 Å². The number of nitrogens with zero attached hydrogens (tertiary/aromatic N) is 1. The molecule has 0 saturated heterocycles. The maximum absolute atomic E-state index is 13.5. The highest BCUT2D eigenvalue weighted by Crippen LogP contribution is 2.42. The molecule has 3 aromatic carbocycles. The summed E-state index contributed by atoms with van der Waals surface area (Å²) in [7, 11) is -5.83. The molecule has 206 valence electrons. The highest BCUT2D eigenvalue weighted by Gasteiger charge is 2.43. The summed E-state index contributed by atoms with van der Waals surface area (Å²) < 4.78 is 144. The fraction of sp³-hybridized carbons (Fsp3) is 0.182. The quantitative estimate of drug-likeness (QED) is 0.190. The lowest BCUT2D eigenvalue weighted by atomic mass is 10.1. The van der Waals surface area contributed by atoms with Crippen molar-refractivity contribution in [2.45, 2.75) is 30.0 Å². The van der Waals surface area contributed by atoms with Crippen LogP contribution in [0.5, 0.6) is 5.75 Å². The molecule has 0 fully saturated rings. The van der Waals surface area contributed by atoms with Crippen molar-refractivity contribution in [3.63, 3.8) is 0 Å². The predicted molar refractivity (Wildman–Crippen MR) is 111 cm³/mol. The summed E-state index contributed by atoms with van der Waals surface area (Å²) in [5.41, 5.74) is -6.55. The molecule has 16 heteroatoms. The summed E-state index contributed by atoms with van der Waals surface area (Å²) in [6, 6.07) is 8.37. The Morgan fingerprint density at radius 2 is 1.29 bits per heavy atom. The lowest BCUT2D eigenvalue weighted by Gasteiger charge is -2.23. The monoisotopic (exact) mass is 575 g/mol. The molecule has 0 aliphatic carbocycles. The van der Waals surface area contributed by atoms with E-state index in [2.05, 4.69) is 0 Å². The molecule has 3 rings (SSSR count). The zero-order valence-corrected chi connectivity index (χ0v) is 19.2. The molecule has 0 bridgehead atoms. The van der Waals surface area contributed by atoms with Crippen molar-refractivity contribution in [2.24, 2.45) is 0 Å². The van der Waals surface area contributed by atoms with Crippen LogP contribution in [-0.2, 0) is 40.0 Å². The van der Waals surface area contributed by atoms with Crippen LogP contribution in [0.25, 0.3) is 0 Å². The second kappa shape index (κ2) is 10.3. The molecule has 38 heavy (non-hydrogen) atoms. The summed E-state index contributed by atoms with van der Waals surface area (Å²) in [6.07, 6.45) is -16.1. The summed E-state index contributed by atoms with van der Waals surface area (Å²) >= 11 is 0. The van der Waals surface area contributed by atoms with Gasteiger partial charge in [0.15, 0.2) is 5.75 Å². The minimum atomic E-state index is -5.83. The number of sulfonamides is 1. The third-order valence-electron chi connectivity index (χ3n) is 4.83. The lowest BCUT2D eigenvalue weighted by Crippen LogP contribution is -2.30. The molecule has 0 spiro atoms. The molecule has 0 radical (unpaired) electrons. The molecule has 0 unspecified atom stereocenters. The maximum Gasteiger partial charge on any atom is 0.417 e. The van der Waals surface area contributed by atoms with E-state index >= 15 is 0 Å². The summed E-state index contributed by atoms with van der Waals surface area (Å²) in [6.45, 7) is -0.323. The van der Waals surface area contributed by atoms with E-state index in [1.807, 2.05) is 0 Å². The van der Waals surface area contributed by atoms with Gasteiger partial charge in [-0.15, -0.1) is 4.47 Å². The van der Waals surface area contributed by atoms with Gasteiger partial charge in [-0.3, -0.25) is 5.21 Å². The second-order valence-electron chi connectivity index (χ2n) is 7.47. The highest BCUT2D eigenvalue weighted by molar-refractivity contribution is 7.92. The third-order valence-corrected chi connectivity index (χ3v) is 6.39. The van der Waals surface area contributed by atoms with Gasteiger partial charge in [-0.05, 0) is 42.0 Å². The zero-order chi connectivity index (χ0) is 28.5. The SMILES string of the molecule is O=S(=O)(c1ccc(C(F)(F)F)cc1C(F)(F)F)N(O)c1cc(C(F)(F)F)ccc1OOCc1ccccc1. The molecule has 0 aliphatic heterocycles. The Hall–Kier alpha value is -3.50. The number of alkyl halides is 9. The smallest absolute Gasteiger partial charge is 0.335 e. The maximum atomic E-state index is 13.5. The van der Waals surface area contributed by atoms with Gasteiger partial charge < -0.3 is 4.89 Å². The van der Waals surface area contributed by atoms with Gasteiger partial charge in [0.25, 0.3) is 10.0 Å². The third kappa shape index (κ3) is 6.49. The zero-order valence-electron chi connectivity index (χ0n) is 18.4. The van der Waals surface area contributed by atoms with Gasteiger partial charge in [0.1, 0.15) is 17.2 Å². The Kier molecular flexibility index (Phi) is 7.91. The van der Waals surface area contributed by atoms with Gasteiger partial charge in [0.05, 0.1) is 16.7 Å². The van der Waals surface area contributed by atoms with Gasteiger partial charge >= 0.3 is 18.5 Å². The van der Waals surface area contributed by atoms with Gasteiger partial charge in [0.2, 0.25) is 0 Å². The fourth-order valence-electron chi connectivity index (χ4n) is 3.02.